The van der Waals surface area contributed by atoms with Crippen LogP contribution >= 0.6 is 0 Å². The molecule has 0 bridgehead atoms. The number of rotatable bonds is 3. The molecule has 0 heterocycles. The second kappa shape index (κ2) is 4.50. The maximum absolute atomic E-state index is 11.1. The summed E-state index contributed by atoms with van der Waals surface area (Å²) in [5.74, 6) is -0.0385. The number of carbonyl (C=O) groups is 1. The molecule has 6 nitrogen and oxygen atoms in total. The van der Waals surface area contributed by atoms with E-state index in [1.54, 1.807) is 0 Å². The maximum Gasteiger partial charge on any atom is 0.238 e. The van der Waals surface area contributed by atoms with Gasteiger partial charge in [0.25, 0.3) is 0 Å². The molecule has 0 fully saturated rings. The number of nitrogens with one attached hydrogen (secondary N) is 1. The summed E-state index contributed by atoms with van der Waals surface area (Å²) in [6, 6.07) is 3.96. The second-order valence-corrected chi connectivity index (χ2v) is 4.65. The molecule has 0 aliphatic heterocycles. The molecule has 3 N–H and O–H groups in total. The van der Waals surface area contributed by atoms with Gasteiger partial charge in [-0.15, -0.1) is 0 Å². The first-order valence-electron chi connectivity index (χ1n) is 4.33. The van der Waals surface area contributed by atoms with Crippen molar-refractivity contribution in [1.82, 2.24) is 0 Å². The highest BCUT2D eigenvalue weighted by Crippen LogP contribution is 2.26. The number of anilines is 1. The van der Waals surface area contributed by atoms with Crippen LogP contribution in [0.15, 0.2) is 23.1 Å². The standard InChI is InChI=1S/C9H12N2O4S/c1-6(12)11-8-4-3-7(16(10,13)14)5-9(8)15-2/h3-5H,1-2H3,(H,11,12)(H2,10,13,14). The minimum atomic E-state index is -3.77. The fourth-order valence-electron chi connectivity index (χ4n) is 1.14. The van der Waals surface area contributed by atoms with Gasteiger partial charge in [0.1, 0.15) is 5.75 Å². The Labute approximate surface area is 93.5 Å². The molecule has 0 spiro atoms. The minimum Gasteiger partial charge on any atom is -0.495 e. The van der Waals surface area contributed by atoms with E-state index in [9.17, 15) is 13.2 Å². The van der Waals surface area contributed by atoms with Crippen molar-refractivity contribution in [2.45, 2.75) is 11.8 Å². The number of ether oxygens (including phenoxy) is 1. The Balaban J connectivity index is 3.22. The Morgan fingerprint density at radius 3 is 2.50 bits per heavy atom. The summed E-state index contributed by atoms with van der Waals surface area (Å²) in [4.78, 5) is 10.8. The number of nitrogens with two attached hydrogens (primary N) is 1. The van der Waals surface area contributed by atoms with E-state index in [2.05, 4.69) is 5.32 Å². The molecule has 88 valence electrons. The molecular formula is C9H12N2O4S. The molecule has 0 unspecified atom stereocenters. The van der Waals surface area contributed by atoms with Gasteiger partial charge in [0.05, 0.1) is 17.7 Å². The van der Waals surface area contributed by atoms with Crippen LogP contribution in [0.2, 0.25) is 0 Å². The van der Waals surface area contributed by atoms with E-state index < -0.39 is 10.0 Å². The van der Waals surface area contributed by atoms with Crippen LogP contribution < -0.4 is 15.2 Å². The van der Waals surface area contributed by atoms with Crippen LogP contribution in [-0.2, 0) is 14.8 Å². The summed E-state index contributed by atoms with van der Waals surface area (Å²) in [5.41, 5.74) is 0.391. The van der Waals surface area contributed by atoms with Gasteiger partial charge in [-0.05, 0) is 12.1 Å². The third-order valence-electron chi connectivity index (χ3n) is 1.81. The van der Waals surface area contributed by atoms with E-state index in [0.29, 0.717) is 5.69 Å². The molecule has 0 saturated heterocycles. The third kappa shape index (κ3) is 2.94. The van der Waals surface area contributed by atoms with Gasteiger partial charge in [0, 0.05) is 13.0 Å². The van der Waals surface area contributed by atoms with E-state index in [1.807, 2.05) is 0 Å². The monoisotopic (exact) mass is 244 g/mol. The Morgan fingerprint density at radius 1 is 1.44 bits per heavy atom. The highest BCUT2D eigenvalue weighted by molar-refractivity contribution is 7.89. The molecule has 0 radical (unpaired) electrons. The SMILES string of the molecule is COc1cc(S(N)(=O)=O)ccc1NC(C)=O. The lowest BCUT2D eigenvalue weighted by molar-refractivity contribution is -0.114. The molecule has 0 aromatic heterocycles. The Bertz CT molecular complexity index is 510. The van der Waals surface area contributed by atoms with Crippen molar-refractivity contribution in [2.75, 3.05) is 12.4 Å². The fourth-order valence-corrected chi connectivity index (χ4v) is 1.67. The highest BCUT2D eigenvalue weighted by Gasteiger charge is 2.12. The van der Waals surface area contributed by atoms with Crippen molar-refractivity contribution >= 4 is 21.6 Å². The molecule has 1 aromatic rings. The lowest BCUT2D eigenvalue weighted by atomic mass is 10.3. The van der Waals surface area contributed by atoms with E-state index in [-0.39, 0.29) is 16.6 Å². The first-order chi connectivity index (χ1) is 7.34. The lowest BCUT2D eigenvalue weighted by Gasteiger charge is -2.09. The lowest BCUT2D eigenvalue weighted by Crippen LogP contribution is -2.13. The molecule has 0 aliphatic rings. The molecular weight excluding hydrogens is 232 g/mol. The zero-order chi connectivity index (χ0) is 12.3. The van der Waals surface area contributed by atoms with Gasteiger partial charge < -0.3 is 10.1 Å². The zero-order valence-electron chi connectivity index (χ0n) is 8.85. The number of methoxy groups -OCH3 is 1. The average molecular weight is 244 g/mol. The van der Waals surface area contributed by atoms with Crippen molar-refractivity contribution in [2.24, 2.45) is 5.14 Å². The van der Waals surface area contributed by atoms with Gasteiger partial charge in [0.15, 0.2) is 0 Å². The minimum absolute atomic E-state index is 0.0709. The van der Waals surface area contributed by atoms with Crippen molar-refractivity contribution in [1.29, 1.82) is 0 Å². The van der Waals surface area contributed by atoms with Gasteiger partial charge in [-0.2, -0.15) is 0 Å². The summed E-state index contributed by atoms with van der Waals surface area (Å²) in [7, 11) is -2.40. The van der Waals surface area contributed by atoms with Crippen molar-refractivity contribution in [3.63, 3.8) is 0 Å². The molecule has 16 heavy (non-hydrogen) atoms. The summed E-state index contributed by atoms with van der Waals surface area (Å²) >= 11 is 0. The summed E-state index contributed by atoms with van der Waals surface area (Å²) in [5, 5.41) is 7.46. The van der Waals surface area contributed by atoms with Crippen LogP contribution in [-0.4, -0.2) is 21.4 Å². The number of carbonyl (C=O) groups excluding carboxylic acids is 1. The maximum atomic E-state index is 11.1. The smallest absolute Gasteiger partial charge is 0.238 e. The molecule has 0 saturated carbocycles. The molecule has 7 heteroatoms. The van der Waals surface area contributed by atoms with Crippen LogP contribution in [0.5, 0.6) is 5.75 Å². The predicted octanol–water partition coefficient (Wildman–Crippen LogP) is 0.301. The first kappa shape index (κ1) is 12.5. The van der Waals surface area contributed by atoms with E-state index in [4.69, 9.17) is 9.88 Å². The van der Waals surface area contributed by atoms with Gasteiger partial charge in [-0.1, -0.05) is 0 Å². The molecule has 0 atom stereocenters. The Hall–Kier alpha value is -1.60. The Kier molecular flexibility index (Phi) is 3.51. The zero-order valence-corrected chi connectivity index (χ0v) is 9.67. The van der Waals surface area contributed by atoms with Gasteiger partial charge >= 0.3 is 0 Å². The molecule has 0 aliphatic carbocycles. The van der Waals surface area contributed by atoms with Crippen LogP contribution in [0.1, 0.15) is 6.92 Å². The van der Waals surface area contributed by atoms with Gasteiger partial charge in [-0.25, -0.2) is 13.6 Å². The summed E-state index contributed by atoms with van der Waals surface area (Å²) < 4.78 is 27.1. The predicted molar refractivity (Wildman–Crippen MR) is 58.7 cm³/mol. The van der Waals surface area contributed by atoms with Crippen LogP contribution in [0.4, 0.5) is 5.69 Å². The first-order valence-corrected chi connectivity index (χ1v) is 5.87. The molecule has 1 amide bonds. The van der Waals surface area contributed by atoms with Crippen LogP contribution in [0.3, 0.4) is 0 Å². The van der Waals surface area contributed by atoms with E-state index >= 15 is 0 Å². The van der Waals surface area contributed by atoms with Crippen molar-refractivity contribution in [3.8, 4) is 5.75 Å². The number of hydrogen-bond acceptors (Lipinski definition) is 4. The van der Waals surface area contributed by atoms with E-state index in [1.165, 1.54) is 32.2 Å². The Morgan fingerprint density at radius 2 is 2.06 bits per heavy atom. The van der Waals surface area contributed by atoms with Gasteiger partial charge in [0.2, 0.25) is 15.9 Å². The van der Waals surface area contributed by atoms with Crippen molar-refractivity contribution in [3.05, 3.63) is 18.2 Å². The van der Waals surface area contributed by atoms with Crippen LogP contribution in [0, 0.1) is 0 Å². The molecule has 1 aromatic carbocycles. The van der Waals surface area contributed by atoms with Gasteiger partial charge in [-0.3, -0.25) is 4.79 Å². The summed E-state index contributed by atoms with van der Waals surface area (Å²) in [6.07, 6.45) is 0. The topological polar surface area (TPSA) is 98.5 Å². The second-order valence-electron chi connectivity index (χ2n) is 3.09. The normalized spacial score (nSPS) is 10.9. The number of hydrogen-bond donors (Lipinski definition) is 2. The summed E-state index contributed by atoms with van der Waals surface area (Å²) in [6.45, 7) is 1.34. The number of amides is 1. The number of benzene rings is 1. The highest BCUT2D eigenvalue weighted by atomic mass is 32.2. The number of sulfonamides is 1. The van der Waals surface area contributed by atoms with E-state index in [0.717, 1.165) is 0 Å². The largest absolute Gasteiger partial charge is 0.495 e. The number of primary sulfonamides is 1. The van der Waals surface area contributed by atoms with Crippen molar-refractivity contribution < 1.29 is 17.9 Å². The van der Waals surface area contributed by atoms with Crippen LogP contribution in [0.25, 0.3) is 0 Å². The fraction of sp³-hybridized carbons (Fsp3) is 0.222. The quantitative estimate of drug-likeness (QED) is 0.798. The third-order valence-corrected chi connectivity index (χ3v) is 2.72. The average Bonchev–Trinajstić information content (AvgIpc) is 2.15. The molecule has 1 rings (SSSR count).